The molecule has 3 rings (SSSR count). The summed E-state index contributed by atoms with van der Waals surface area (Å²) in [7, 11) is 1.65. The molecule has 2 aliphatic heterocycles. The standard InChI is InChI=1S/C21H32O5/c1-6-15-20(23)25-17(9-10-24-5)12(2)11-13(3)21(15)19-14(4)18(26-21)8-7-16(19)22/h6,11-12,14-19,22H,1,7-10H2,2-5H3/b13-11+. The molecule has 26 heavy (non-hydrogen) atoms. The van der Waals surface area contributed by atoms with Crippen LogP contribution in [0.2, 0.25) is 0 Å². The van der Waals surface area contributed by atoms with Crippen LogP contribution in [-0.4, -0.2) is 48.7 Å². The van der Waals surface area contributed by atoms with E-state index in [4.69, 9.17) is 14.2 Å². The fraction of sp³-hybridized carbons (Fsp3) is 0.762. The van der Waals surface area contributed by atoms with Gasteiger partial charge in [0, 0.05) is 32.0 Å². The van der Waals surface area contributed by atoms with Crippen LogP contribution in [0.15, 0.2) is 24.3 Å². The molecule has 5 heteroatoms. The van der Waals surface area contributed by atoms with Crippen LogP contribution in [0.5, 0.6) is 0 Å². The van der Waals surface area contributed by atoms with Crippen LogP contribution in [0.25, 0.3) is 0 Å². The highest BCUT2D eigenvalue weighted by atomic mass is 16.6. The Balaban J connectivity index is 2.06. The van der Waals surface area contributed by atoms with Gasteiger partial charge in [-0.1, -0.05) is 26.0 Å². The highest BCUT2D eigenvalue weighted by molar-refractivity contribution is 5.77. The highest BCUT2D eigenvalue weighted by Crippen LogP contribution is 2.56. The van der Waals surface area contributed by atoms with Crippen molar-refractivity contribution < 1.29 is 24.1 Å². The molecule has 1 saturated carbocycles. The summed E-state index contributed by atoms with van der Waals surface area (Å²) in [5, 5.41) is 10.8. The fourth-order valence-electron chi connectivity index (χ4n) is 5.38. The summed E-state index contributed by atoms with van der Waals surface area (Å²) >= 11 is 0. The van der Waals surface area contributed by atoms with Crippen LogP contribution in [0.1, 0.15) is 40.0 Å². The number of fused-ring (bicyclic) bond motifs is 3. The Bertz CT molecular complexity index is 585. The van der Waals surface area contributed by atoms with Crippen LogP contribution in [0.3, 0.4) is 0 Å². The molecule has 1 saturated heterocycles. The lowest BCUT2D eigenvalue weighted by atomic mass is 9.63. The molecule has 1 spiro atoms. The second-order valence-corrected chi connectivity index (χ2v) is 8.16. The third-order valence-electron chi connectivity index (χ3n) is 6.70. The number of carbonyl (C=O) groups excluding carboxylic acids is 1. The maximum absolute atomic E-state index is 13.1. The Morgan fingerprint density at radius 1 is 1.42 bits per heavy atom. The van der Waals surface area contributed by atoms with Crippen molar-refractivity contribution in [3.05, 3.63) is 24.3 Å². The van der Waals surface area contributed by atoms with E-state index in [2.05, 4.69) is 26.5 Å². The predicted octanol–water partition coefficient (Wildman–Crippen LogP) is 2.88. The Kier molecular flexibility index (Phi) is 5.61. The summed E-state index contributed by atoms with van der Waals surface area (Å²) < 4.78 is 17.6. The molecule has 8 atom stereocenters. The van der Waals surface area contributed by atoms with Gasteiger partial charge in [-0.3, -0.25) is 4.79 Å². The van der Waals surface area contributed by atoms with Gasteiger partial charge >= 0.3 is 5.97 Å². The molecule has 2 fully saturated rings. The first-order valence-corrected chi connectivity index (χ1v) is 9.73. The van der Waals surface area contributed by atoms with Crippen LogP contribution in [0, 0.1) is 23.7 Å². The minimum Gasteiger partial charge on any atom is -0.461 e. The number of hydrogen-bond acceptors (Lipinski definition) is 5. The van der Waals surface area contributed by atoms with Gasteiger partial charge in [-0.15, -0.1) is 6.58 Å². The van der Waals surface area contributed by atoms with Gasteiger partial charge in [0.15, 0.2) is 0 Å². The first-order valence-electron chi connectivity index (χ1n) is 9.73. The van der Waals surface area contributed by atoms with E-state index in [0.29, 0.717) is 19.4 Å². The van der Waals surface area contributed by atoms with E-state index in [0.717, 1.165) is 12.0 Å². The van der Waals surface area contributed by atoms with Crippen molar-refractivity contribution in [1.29, 1.82) is 0 Å². The number of carbonyl (C=O) groups is 1. The summed E-state index contributed by atoms with van der Waals surface area (Å²) in [5.41, 5.74) is 0.147. The van der Waals surface area contributed by atoms with E-state index in [1.54, 1.807) is 13.2 Å². The average molecular weight is 364 g/mol. The SMILES string of the molecule is C=CC1C(=O)OC(CCOC)C(C)/C=C(\C)C12OC1CCC(O)C2C1C. The number of esters is 1. The third-order valence-corrected chi connectivity index (χ3v) is 6.70. The van der Waals surface area contributed by atoms with Gasteiger partial charge in [0.05, 0.1) is 12.2 Å². The molecule has 0 amide bonds. The molecular weight excluding hydrogens is 332 g/mol. The highest BCUT2D eigenvalue weighted by Gasteiger charge is 2.63. The summed E-state index contributed by atoms with van der Waals surface area (Å²) in [6.07, 6.45) is 5.31. The molecule has 3 aliphatic rings. The predicted molar refractivity (Wildman–Crippen MR) is 98.5 cm³/mol. The van der Waals surface area contributed by atoms with Gasteiger partial charge in [0.1, 0.15) is 17.6 Å². The maximum atomic E-state index is 13.1. The van der Waals surface area contributed by atoms with Crippen molar-refractivity contribution in [2.75, 3.05) is 13.7 Å². The Hall–Kier alpha value is -1.17. The van der Waals surface area contributed by atoms with Gasteiger partial charge in [0.25, 0.3) is 0 Å². The molecule has 1 N–H and O–H groups in total. The molecule has 0 aromatic heterocycles. The number of hydrogen-bond donors (Lipinski definition) is 1. The molecular formula is C21H32O5. The number of methoxy groups -OCH3 is 1. The van der Waals surface area contributed by atoms with Crippen molar-refractivity contribution in [3.8, 4) is 0 Å². The molecule has 146 valence electrons. The van der Waals surface area contributed by atoms with Gasteiger partial charge in [-0.05, 0) is 31.3 Å². The molecule has 1 aliphatic carbocycles. The number of cyclic esters (lactones) is 1. The molecule has 2 bridgehead atoms. The minimum atomic E-state index is -0.862. The molecule has 0 radical (unpaired) electrons. The topological polar surface area (TPSA) is 65.0 Å². The zero-order valence-corrected chi connectivity index (χ0v) is 16.3. The van der Waals surface area contributed by atoms with Gasteiger partial charge in [-0.25, -0.2) is 0 Å². The number of aliphatic hydroxyl groups is 1. The zero-order valence-electron chi connectivity index (χ0n) is 16.3. The molecule has 5 nitrogen and oxygen atoms in total. The Morgan fingerprint density at radius 3 is 2.81 bits per heavy atom. The van der Waals surface area contributed by atoms with E-state index < -0.39 is 17.6 Å². The monoisotopic (exact) mass is 364 g/mol. The van der Waals surface area contributed by atoms with Crippen LogP contribution in [0.4, 0.5) is 0 Å². The summed E-state index contributed by atoms with van der Waals surface area (Å²) in [4.78, 5) is 13.1. The average Bonchev–Trinajstić information content (AvgIpc) is 2.79. The number of ether oxygens (including phenoxy) is 3. The van der Waals surface area contributed by atoms with Crippen molar-refractivity contribution in [2.24, 2.45) is 23.7 Å². The summed E-state index contributed by atoms with van der Waals surface area (Å²) in [5.74, 6) is -0.825. The van der Waals surface area contributed by atoms with Crippen molar-refractivity contribution in [1.82, 2.24) is 0 Å². The van der Waals surface area contributed by atoms with Crippen LogP contribution in [-0.2, 0) is 19.0 Å². The van der Waals surface area contributed by atoms with E-state index in [1.165, 1.54) is 0 Å². The quantitative estimate of drug-likeness (QED) is 0.614. The molecule has 2 heterocycles. The lowest BCUT2D eigenvalue weighted by Gasteiger charge is -2.44. The lowest BCUT2D eigenvalue weighted by Crippen LogP contribution is -2.53. The van der Waals surface area contributed by atoms with E-state index in [1.807, 2.05) is 6.92 Å². The second kappa shape index (κ2) is 7.45. The molecule has 0 aromatic rings. The normalized spacial score (nSPS) is 47.7. The summed E-state index contributed by atoms with van der Waals surface area (Å²) in [6.45, 7) is 10.7. The lowest BCUT2D eigenvalue weighted by molar-refractivity contribution is -0.168. The van der Waals surface area contributed by atoms with E-state index in [-0.39, 0.29) is 35.9 Å². The fourth-order valence-corrected chi connectivity index (χ4v) is 5.38. The first-order chi connectivity index (χ1) is 12.4. The smallest absolute Gasteiger partial charge is 0.316 e. The van der Waals surface area contributed by atoms with Gasteiger partial charge in [0.2, 0.25) is 0 Å². The number of rotatable bonds is 4. The summed E-state index contributed by atoms with van der Waals surface area (Å²) in [6, 6.07) is 0. The Labute approximate surface area is 156 Å². The van der Waals surface area contributed by atoms with E-state index >= 15 is 0 Å². The second-order valence-electron chi connectivity index (χ2n) is 8.16. The number of aliphatic hydroxyl groups excluding tert-OH is 1. The van der Waals surface area contributed by atoms with Crippen molar-refractivity contribution >= 4 is 5.97 Å². The van der Waals surface area contributed by atoms with Crippen LogP contribution >= 0.6 is 0 Å². The zero-order chi connectivity index (χ0) is 19.1. The Morgan fingerprint density at radius 2 is 2.15 bits per heavy atom. The van der Waals surface area contributed by atoms with Crippen molar-refractivity contribution in [2.45, 2.75) is 63.9 Å². The largest absolute Gasteiger partial charge is 0.461 e. The minimum absolute atomic E-state index is 0.0493. The van der Waals surface area contributed by atoms with Crippen LogP contribution < -0.4 is 0 Å². The van der Waals surface area contributed by atoms with Crippen molar-refractivity contribution in [3.63, 3.8) is 0 Å². The molecule has 8 unspecified atom stereocenters. The van der Waals surface area contributed by atoms with Gasteiger partial charge < -0.3 is 19.3 Å². The maximum Gasteiger partial charge on any atom is 0.316 e. The third kappa shape index (κ3) is 2.94. The molecule has 0 aromatic carbocycles. The first kappa shape index (κ1) is 19.6. The van der Waals surface area contributed by atoms with E-state index in [9.17, 15) is 9.90 Å². The van der Waals surface area contributed by atoms with Gasteiger partial charge in [-0.2, -0.15) is 0 Å².